The number of benzene rings is 1. The van der Waals surface area contributed by atoms with Crippen LogP contribution in [0.5, 0.6) is 0 Å². The molecule has 1 aromatic carbocycles. The first-order valence-electron chi connectivity index (χ1n) is 4.59. The standard InChI is InChI=1S/C10H11N3OS/c14-10(6-15)11-4-7-1-2-9-8(3-7)5-12-13-9/h1-3,5,15H,4,6H2,(H,11,14)(H,12,13). The summed E-state index contributed by atoms with van der Waals surface area (Å²) in [5.41, 5.74) is 2.05. The molecule has 2 aromatic rings. The zero-order chi connectivity index (χ0) is 10.7. The number of fused-ring (bicyclic) bond motifs is 1. The van der Waals surface area contributed by atoms with Gasteiger partial charge in [0.15, 0.2) is 0 Å². The highest BCUT2D eigenvalue weighted by Crippen LogP contribution is 2.12. The predicted octanol–water partition coefficient (Wildman–Crippen LogP) is 1.11. The maximum atomic E-state index is 11.0. The molecule has 0 aliphatic heterocycles. The average Bonchev–Trinajstić information content (AvgIpc) is 2.72. The highest BCUT2D eigenvalue weighted by atomic mass is 32.1. The van der Waals surface area contributed by atoms with Gasteiger partial charge in [0, 0.05) is 11.9 Å². The molecule has 2 rings (SSSR count). The van der Waals surface area contributed by atoms with E-state index in [9.17, 15) is 4.79 Å². The Bertz CT molecular complexity index is 480. The minimum absolute atomic E-state index is 0.0642. The lowest BCUT2D eigenvalue weighted by molar-refractivity contribution is -0.118. The minimum Gasteiger partial charge on any atom is -0.351 e. The molecule has 0 aliphatic rings. The third-order valence-electron chi connectivity index (χ3n) is 2.14. The number of H-pyrrole nitrogens is 1. The smallest absolute Gasteiger partial charge is 0.229 e. The number of rotatable bonds is 3. The summed E-state index contributed by atoms with van der Waals surface area (Å²) < 4.78 is 0. The first-order chi connectivity index (χ1) is 7.29. The normalized spacial score (nSPS) is 10.5. The molecule has 0 unspecified atom stereocenters. The number of hydrogen-bond acceptors (Lipinski definition) is 3. The van der Waals surface area contributed by atoms with Crippen LogP contribution < -0.4 is 5.32 Å². The Balaban J connectivity index is 2.11. The van der Waals surface area contributed by atoms with Crippen molar-refractivity contribution in [2.24, 2.45) is 0 Å². The number of thiol groups is 1. The van der Waals surface area contributed by atoms with E-state index in [2.05, 4.69) is 28.1 Å². The SMILES string of the molecule is O=C(CS)NCc1ccc2[nH]ncc2c1. The molecule has 15 heavy (non-hydrogen) atoms. The second kappa shape index (κ2) is 4.35. The molecule has 1 heterocycles. The first-order valence-corrected chi connectivity index (χ1v) is 5.22. The van der Waals surface area contributed by atoms with E-state index in [0.717, 1.165) is 16.5 Å². The van der Waals surface area contributed by atoms with Gasteiger partial charge in [-0.05, 0) is 17.7 Å². The third-order valence-corrected chi connectivity index (χ3v) is 2.43. The highest BCUT2D eigenvalue weighted by Gasteiger charge is 2.00. The monoisotopic (exact) mass is 221 g/mol. The van der Waals surface area contributed by atoms with Gasteiger partial charge < -0.3 is 5.32 Å². The lowest BCUT2D eigenvalue weighted by atomic mass is 10.1. The summed E-state index contributed by atoms with van der Waals surface area (Å²) in [5, 5.41) is 10.6. The fourth-order valence-corrected chi connectivity index (χ4v) is 1.47. The molecular weight excluding hydrogens is 210 g/mol. The number of nitrogens with zero attached hydrogens (tertiary/aromatic N) is 1. The summed E-state index contributed by atoms with van der Waals surface area (Å²) in [4.78, 5) is 11.0. The van der Waals surface area contributed by atoms with E-state index in [-0.39, 0.29) is 11.7 Å². The van der Waals surface area contributed by atoms with E-state index in [4.69, 9.17) is 0 Å². The van der Waals surface area contributed by atoms with Crippen LogP contribution in [0, 0.1) is 0 Å². The summed E-state index contributed by atoms with van der Waals surface area (Å²) in [6.45, 7) is 0.528. The number of hydrogen-bond donors (Lipinski definition) is 3. The Labute approximate surface area is 92.5 Å². The molecule has 4 nitrogen and oxygen atoms in total. The Morgan fingerprint density at radius 1 is 1.53 bits per heavy atom. The van der Waals surface area contributed by atoms with Crippen molar-refractivity contribution in [3.63, 3.8) is 0 Å². The zero-order valence-corrected chi connectivity index (χ0v) is 8.92. The van der Waals surface area contributed by atoms with Gasteiger partial charge in [0.2, 0.25) is 5.91 Å². The maximum Gasteiger partial charge on any atom is 0.229 e. The van der Waals surface area contributed by atoms with E-state index in [1.807, 2.05) is 18.2 Å². The quantitative estimate of drug-likeness (QED) is 0.680. The molecule has 0 saturated heterocycles. The van der Waals surface area contributed by atoms with Gasteiger partial charge in [-0.15, -0.1) is 0 Å². The van der Waals surface area contributed by atoms with Crippen molar-refractivity contribution in [1.29, 1.82) is 0 Å². The number of aromatic amines is 1. The van der Waals surface area contributed by atoms with E-state index >= 15 is 0 Å². The lowest BCUT2D eigenvalue weighted by Crippen LogP contribution is -2.23. The fraction of sp³-hybridized carbons (Fsp3) is 0.200. The van der Waals surface area contributed by atoms with E-state index < -0.39 is 0 Å². The average molecular weight is 221 g/mol. The molecule has 0 atom stereocenters. The van der Waals surface area contributed by atoms with Crippen molar-refractivity contribution in [2.45, 2.75) is 6.54 Å². The van der Waals surface area contributed by atoms with Crippen LogP contribution >= 0.6 is 12.6 Å². The second-order valence-electron chi connectivity index (χ2n) is 3.23. The molecule has 0 aliphatic carbocycles. The van der Waals surface area contributed by atoms with Gasteiger partial charge in [-0.3, -0.25) is 9.89 Å². The fourth-order valence-electron chi connectivity index (χ4n) is 1.36. The maximum absolute atomic E-state index is 11.0. The van der Waals surface area contributed by atoms with Crippen molar-refractivity contribution in [1.82, 2.24) is 15.5 Å². The van der Waals surface area contributed by atoms with Gasteiger partial charge >= 0.3 is 0 Å². The number of carbonyl (C=O) groups is 1. The predicted molar refractivity (Wildman–Crippen MR) is 61.8 cm³/mol. The van der Waals surface area contributed by atoms with Crippen LogP contribution in [0.25, 0.3) is 10.9 Å². The largest absolute Gasteiger partial charge is 0.351 e. The summed E-state index contributed by atoms with van der Waals surface area (Å²) in [7, 11) is 0. The van der Waals surface area contributed by atoms with Crippen LogP contribution in [0.15, 0.2) is 24.4 Å². The number of amides is 1. The lowest BCUT2D eigenvalue weighted by Gasteiger charge is -2.03. The molecule has 0 radical (unpaired) electrons. The number of nitrogens with one attached hydrogen (secondary N) is 2. The topological polar surface area (TPSA) is 57.8 Å². The molecule has 0 fully saturated rings. The van der Waals surface area contributed by atoms with Crippen LogP contribution in [0.3, 0.4) is 0 Å². The van der Waals surface area contributed by atoms with Gasteiger partial charge in [-0.1, -0.05) is 6.07 Å². The summed E-state index contributed by atoms with van der Waals surface area (Å²) in [6.07, 6.45) is 1.76. The van der Waals surface area contributed by atoms with Crippen LogP contribution in [-0.4, -0.2) is 21.9 Å². The van der Waals surface area contributed by atoms with Crippen molar-refractivity contribution >= 4 is 29.4 Å². The van der Waals surface area contributed by atoms with E-state index in [0.29, 0.717) is 6.54 Å². The second-order valence-corrected chi connectivity index (χ2v) is 3.54. The van der Waals surface area contributed by atoms with Crippen LogP contribution in [0.1, 0.15) is 5.56 Å². The molecule has 1 amide bonds. The zero-order valence-electron chi connectivity index (χ0n) is 8.03. The van der Waals surface area contributed by atoms with Crippen molar-refractivity contribution in [2.75, 3.05) is 5.75 Å². The number of carbonyl (C=O) groups excluding carboxylic acids is 1. The van der Waals surface area contributed by atoms with Gasteiger partial charge in [-0.2, -0.15) is 17.7 Å². The molecule has 1 aromatic heterocycles. The van der Waals surface area contributed by atoms with Crippen LogP contribution in [0.2, 0.25) is 0 Å². The molecule has 2 N–H and O–H groups in total. The van der Waals surface area contributed by atoms with Gasteiger partial charge in [0.05, 0.1) is 17.5 Å². The minimum atomic E-state index is -0.0642. The summed E-state index contributed by atoms with van der Waals surface area (Å²) in [5.74, 6) is 0.152. The molecular formula is C10H11N3OS. The molecule has 0 saturated carbocycles. The van der Waals surface area contributed by atoms with E-state index in [1.54, 1.807) is 6.20 Å². The van der Waals surface area contributed by atoms with Gasteiger partial charge in [-0.25, -0.2) is 0 Å². The molecule has 0 spiro atoms. The first kappa shape index (κ1) is 10.0. The highest BCUT2D eigenvalue weighted by molar-refractivity contribution is 7.81. The van der Waals surface area contributed by atoms with Gasteiger partial charge in [0.1, 0.15) is 0 Å². The Morgan fingerprint density at radius 3 is 3.20 bits per heavy atom. The number of aromatic nitrogens is 2. The van der Waals surface area contributed by atoms with Crippen molar-refractivity contribution in [3.05, 3.63) is 30.0 Å². The van der Waals surface area contributed by atoms with Crippen molar-refractivity contribution in [3.8, 4) is 0 Å². The third kappa shape index (κ3) is 2.30. The summed E-state index contributed by atoms with van der Waals surface area (Å²) in [6, 6.07) is 5.90. The molecule has 78 valence electrons. The summed E-state index contributed by atoms with van der Waals surface area (Å²) >= 11 is 3.88. The van der Waals surface area contributed by atoms with Crippen molar-refractivity contribution < 1.29 is 4.79 Å². The Kier molecular flexibility index (Phi) is 2.91. The molecule has 0 bridgehead atoms. The Morgan fingerprint density at radius 2 is 2.40 bits per heavy atom. The van der Waals surface area contributed by atoms with E-state index in [1.165, 1.54) is 0 Å². The van der Waals surface area contributed by atoms with Crippen LogP contribution in [0.4, 0.5) is 0 Å². The molecule has 5 heteroatoms. The van der Waals surface area contributed by atoms with Gasteiger partial charge in [0.25, 0.3) is 0 Å². The Hall–Kier alpha value is -1.49. The van der Waals surface area contributed by atoms with Crippen LogP contribution in [-0.2, 0) is 11.3 Å².